The maximum atomic E-state index is 12.1. The number of nitrogens with two attached hydrogens (primary N) is 1. The fourth-order valence-electron chi connectivity index (χ4n) is 2.32. The van der Waals surface area contributed by atoms with Crippen LogP contribution in [0, 0.1) is 17.8 Å². The summed E-state index contributed by atoms with van der Waals surface area (Å²) in [6.07, 6.45) is 3.21. The van der Waals surface area contributed by atoms with Gasteiger partial charge in [0.2, 0.25) is 5.91 Å². The van der Waals surface area contributed by atoms with Crippen LogP contribution in [0.1, 0.15) is 60.3 Å². The molecule has 0 saturated carbocycles. The number of hydrogen-bond acceptors (Lipinski definition) is 3. The van der Waals surface area contributed by atoms with Crippen LogP contribution in [0.2, 0.25) is 0 Å². The average Bonchev–Trinajstić information content (AvgIpc) is 2.41. The highest BCUT2D eigenvalue weighted by molar-refractivity contribution is 5.82. The molecule has 0 aliphatic rings. The van der Waals surface area contributed by atoms with E-state index in [1.165, 1.54) is 0 Å². The number of unbranched alkanes of at least 4 members (excludes halogenated alkanes) is 1. The first-order valence-corrected chi connectivity index (χ1v) is 7.98. The third-order valence-electron chi connectivity index (χ3n) is 4.29. The van der Waals surface area contributed by atoms with Crippen molar-refractivity contribution < 1.29 is 14.7 Å². The molecule has 0 rings (SSSR count). The molecular weight excluding hydrogens is 268 g/mol. The van der Waals surface area contributed by atoms with E-state index in [1.54, 1.807) is 0 Å². The molecule has 0 aromatic carbocycles. The second-order valence-corrected chi connectivity index (χ2v) is 6.46. The number of carbonyl (C=O) groups excluding carboxylic acids is 1. The molecule has 0 bridgehead atoms. The van der Waals surface area contributed by atoms with Gasteiger partial charge in [-0.3, -0.25) is 9.59 Å². The molecule has 4 atom stereocenters. The molecule has 21 heavy (non-hydrogen) atoms. The molecule has 0 spiro atoms. The van der Waals surface area contributed by atoms with Gasteiger partial charge in [0.05, 0.1) is 12.5 Å². The Morgan fingerprint density at radius 3 is 2.19 bits per heavy atom. The minimum Gasteiger partial charge on any atom is -0.481 e. The first-order chi connectivity index (χ1) is 9.70. The molecule has 124 valence electrons. The van der Waals surface area contributed by atoms with Crippen molar-refractivity contribution >= 4 is 11.9 Å². The third-order valence-corrected chi connectivity index (χ3v) is 4.29. The lowest BCUT2D eigenvalue weighted by Gasteiger charge is -2.30. The Morgan fingerprint density at radius 2 is 1.76 bits per heavy atom. The Hall–Kier alpha value is -1.10. The molecule has 0 aliphatic heterocycles. The number of amides is 1. The summed E-state index contributed by atoms with van der Waals surface area (Å²) in [4.78, 5) is 23.1. The molecule has 0 aromatic heterocycles. The first kappa shape index (κ1) is 19.9. The van der Waals surface area contributed by atoms with Crippen LogP contribution < -0.4 is 11.1 Å². The summed E-state index contributed by atoms with van der Waals surface area (Å²) in [7, 11) is 0. The van der Waals surface area contributed by atoms with Gasteiger partial charge < -0.3 is 16.2 Å². The van der Waals surface area contributed by atoms with E-state index in [-0.39, 0.29) is 30.2 Å². The van der Waals surface area contributed by atoms with Crippen molar-refractivity contribution in [3.63, 3.8) is 0 Å². The highest BCUT2D eigenvalue weighted by atomic mass is 16.4. The molecule has 0 aliphatic carbocycles. The van der Waals surface area contributed by atoms with Crippen LogP contribution in [0.25, 0.3) is 0 Å². The van der Waals surface area contributed by atoms with Gasteiger partial charge in [-0.1, -0.05) is 53.9 Å². The van der Waals surface area contributed by atoms with E-state index in [9.17, 15) is 9.59 Å². The van der Waals surface area contributed by atoms with Crippen LogP contribution in [0.15, 0.2) is 0 Å². The minimum atomic E-state index is -0.895. The summed E-state index contributed by atoms with van der Waals surface area (Å²) in [5, 5.41) is 11.9. The molecule has 0 unspecified atom stereocenters. The number of hydrogen-bond donors (Lipinski definition) is 3. The van der Waals surface area contributed by atoms with Gasteiger partial charge >= 0.3 is 5.97 Å². The van der Waals surface area contributed by atoms with Gasteiger partial charge in [-0.25, -0.2) is 0 Å². The van der Waals surface area contributed by atoms with Crippen molar-refractivity contribution in [1.29, 1.82) is 0 Å². The van der Waals surface area contributed by atoms with Crippen LogP contribution in [-0.4, -0.2) is 29.1 Å². The number of rotatable bonds is 10. The van der Waals surface area contributed by atoms with E-state index in [0.717, 1.165) is 19.3 Å². The van der Waals surface area contributed by atoms with Gasteiger partial charge in [0, 0.05) is 6.04 Å². The summed E-state index contributed by atoms with van der Waals surface area (Å²) in [5.41, 5.74) is 5.84. The molecule has 0 aromatic rings. The van der Waals surface area contributed by atoms with Crippen molar-refractivity contribution in [2.24, 2.45) is 23.5 Å². The van der Waals surface area contributed by atoms with E-state index in [4.69, 9.17) is 10.8 Å². The van der Waals surface area contributed by atoms with E-state index < -0.39 is 12.0 Å². The number of carbonyl (C=O) groups is 2. The SMILES string of the molecule is CCCC[C@@H](C)[C@@H](C)[C@@H](CC(=O)O)NC(=O)[C@@H](N)C(C)C. The van der Waals surface area contributed by atoms with Crippen molar-refractivity contribution in [3.05, 3.63) is 0 Å². The maximum Gasteiger partial charge on any atom is 0.305 e. The zero-order chi connectivity index (χ0) is 16.6. The summed E-state index contributed by atoms with van der Waals surface area (Å²) < 4.78 is 0. The topological polar surface area (TPSA) is 92.4 Å². The minimum absolute atomic E-state index is 0.0308. The second kappa shape index (κ2) is 9.77. The van der Waals surface area contributed by atoms with Crippen molar-refractivity contribution in [3.8, 4) is 0 Å². The van der Waals surface area contributed by atoms with Gasteiger partial charge in [-0.05, 0) is 17.8 Å². The highest BCUT2D eigenvalue weighted by Crippen LogP contribution is 2.23. The first-order valence-electron chi connectivity index (χ1n) is 7.98. The Balaban J connectivity index is 4.78. The lowest BCUT2D eigenvalue weighted by molar-refractivity contribution is -0.138. The van der Waals surface area contributed by atoms with Gasteiger partial charge in [-0.2, -0.15) is 0 Å². The van der Waals surface area contributed by atoms with Gasteiger partial charge in [0.1, 0.15) is 0 Å². The molecule has 0 fully saturated rings. The Morgan fingerprint density at radius 1 is 1.19 bits per heavy atom. The molecule has 0 saturated heterocycles. The summed E-state index contributed by atoms with van der Waals surface area (Å²) in [5.74, 6) is -0.650. The van der Waals surface area contributed by atoms with Crippen LogP contribution in [-0.2, 0) is 9.59 Å². The largest absolute Gasteiger partial charge is 0.481 e. The molecule has 1 amide bonds. The molecule has 5 nitrogen and oxygen atoms in total. The maximum absolute atomic E-state index is 12.1. The average molecular weight is 300 g/mol. The zero-order valence-electron chi connectivity index (χ0n) is 14.1. The van der Waals surface area contributed by atoms with Gasteiger partial charge in [-0.15, -0.1) is 0 Å². The molecule has 0 heterocycles. The fraction of sp³-hybridized carbons (Fsp3) is 0.875. The quantitative estimate of drug-likeness (QED) is 0.577. The van der Waals surface area contributed by atoms with Gasteiger partial charge in [0.15, 0.2) is 0 Å². The molecule has 5 heteroatoms. The number of nitrogens with one attached hydrogen (secondary N) is 1. The van der Waals surface area contributed by atoms with Crippen molar-refractivity contribution in [1.82, 2.24) is 5.32 Å². The summed E-state index contributed by atoms with van der Waals surface area (Å²) in [6, 6.07) is -0.967. The molecular formula is C16H32N2O3. The van der Waals surface area contributed by atoms with Crippen molar-refractivity contribution in [2.45, 2.75) is 72.4 Å². The van der Waals surface area contributed by atoms with E-state index >= 15 is 0 Å². The van der Waals surface area contributed by atoms with Crippen LogP contribution in [0.3, 0.4) is 0 Å². The predicted octanol–water partition coefficient (Wildman–Crippen LogP) is 2.39. The fourth-order valence-corrected chi connectivity index (χ4v) is 2.32. The summed E-state index contributed by atoms with van der Waals surface area (Å²) >= 11 is 0. The third kappa shape index (κ3) is 7.46. The second-order valence-electron chi connectivity index (χ2n) is 6.46. The van der Waals surface area contributed by atoms with Crippen LogP contribution in [0.4, 0.5) is 0 Å². The normalized spacial score (nSPS) is 17.1. The Bertz CT molecular complexity index is 331. The lowest BCUT2D eigenvalue weighted by atomic mass is 9.84. The molecule has 0 radical (unpaired) electrons. The number of carboxylic acid groups (broad SMARTS) is 1. The Kier molecular flexibility index (Phi) is 9.26. The Labute approximate surface area is 128 Å². The standard InChI is InChI=1S/C16H32N2O3/c1-6-7-8-11(4)12(5)13(9-14(19)20)18-16(21)15(17)10(2)3/h10-13,15H,6-9,17H2,1-5H3,(H,18,21)(H,19,20)/t11-,12-,13-,15+/m1/s1. The van der Waals surface area contributed by atoms with Gasteiger partial charge in [0.25, 0.3) is 0 Å². The van der Waals surface area contributed by atoms with E-state index in [1.807, 2.05) is 20.8 Å². The summed E-state index contributed by atoms with van der Waals surface area (Å²) in [6.45, 7) is 10.0. The smallest absolute Gasteiger partial charge is 0.305 e. The van der Waals surface area contributed by atoms with Crippen LogP contribution >= 0.6 is 0 Å². The van der Waals surface area contributed by atoms with Crippen molar-refractivity contribution in [2.75, 3.05) is 0 Å². The monoisotopic (exact) mass is 300 g/mol. The van der Waals surface area contributed by atoms with Crippen LogP contribution in [0.5, 0.6) is 0 Å². The highest BCUT2D eigenvalue weighted by Gasteiger charge is 2.28. The number of carboxylic acids is 1. The van der Waals surface area contributed by atoms with E-state index in [2.05, 4.69) is 19.2 Å². The molecule has 4 N–H and O–H groups in total. The predicted molar refractivity (Wildman–Crippen MR) is 84.8 cm³/mol. The lowest BCUT2D eigenvalue weighted by Crippen LogP contribution is -2.51. The van der Waals surface area contributed by atoms with E-state index in [0.29, 0.717) is 5.92 Å². The number of aliphatic carboxylic acids is 1. The zero-order valence-corrected chi connectivity index (χ0v) is 14.1.